The second-order valence-corrected chi connectivity index (χ2v) is 8.90. The fourth-order valence-electron chi connectivity index (χ4n) is 4.21. The van der Waals surface area contributed by atoms with Crippen LogP contribution in [0, 0.1) is 0 Å². The third-order valence-electron chi connectivity index (χ3n) is 6.21. The molecule has 0 atom stereocenters. The maximum Gasteiger partial charge on any atom is 0.267 e. The van der Waals surface area contributed by atoms with E-state index in [1.54, 1.807) is 30.1 Å². The molecule has 10 heteroatoms. The van der Waals surface area contributed by atoms with Crippen LogP contribution in [0.3, 0.4) is 0 Å². The van der Waals surface area contributed by atoms with Crippen LogP contribution in [0.4, 0.5) is 14.5 Å². The van der Waals surface area contributed by atoms with E-state index in [0.717, 1.165) is 18.5 Å². The molecule has 0 spiro atoms. The summed E-state index contributed by atoms with van der Waals surface area (Å²) in [4.78, 5) is 18.8. The molecule has 3 heterocycles. The van der Waals surface area contributed by atoms with Crippen molar-refractivity contribution >= 4 is 11.4 Å². The van der Waals surface area contributed by atoms with Crippen molar-refractivity contribution < 1.29 is 8.78 Å². The number of aromatic nitrogens is 3. The minimum atomic E-state index is -2.70. The molecule has 1 saturated heterocycles. The molecule has 4 N–H and O–H groups in total. The van der Waals surface area contributed by atoms with Gasteiger partial charge in [-0.1, -0.05) is 6.92 Å². The van der Waals surface area contributed by atoms with Gasteiger partial charge >= 0.3 is 0 Å². The van der Waals surface area contributed by atoms with Crippen LogP contribution >= 0.6 is 0 Å². The van der Waals surface area contributed by atoms with Crippen LogP contribution in [0.25, 0.3) is 5.70 Å². The molecule has 33 heavy (non-hydrogen) atoms. The molecule has 8 nitrogen and oxygen atoms in total. The van der Waals surface area contributed by atoms with Gasteiger partial charge in [0.1, 0.15) is 0 Å². The third kappa shape index (κ3) is 5.16. The van der Waals surface area contributed by atoms with E-state index in [9.17, 15) is 13.6 Å². The molecule has 4 rings (SSSR count). The Bertz CT molecular complexity index is 1110. The number of hydrogen-bond donors (Lipinski definition) is 2. The average molecular weight is 460 g/mol. The van der Waals surface area contributed by atoms with Crippen molar-refractivity contribution in [1.82, 2.24) is 19.8 Å². The Hall–Kier alpha value is -3.01. The van der Waals surface area contributed by atoms with Crippen LogP contribution < -0.4 is 22.0 Å². The van der Waals surface area contributed by atoms with E-state index in [4.69, 9.17) is 11.6 Å². The predicted octanol–water partition coefficient (Wildman–Crippen LogP) is 2.45. The van der Waals surface area contributed by atoms with E-state index in [2.05, 4.69) is 10.1 Å². The topological polar surface area (TPSA) is 106 Å². The van der Waals surface area contributed by atoms with Gasteiger partial charge in [0, 0.05) is 32.0 Å². The molecular formula is C23H31F2N7O. The van der Waals surface area contributed by atoms with Crippen LogP contribution in [-0.2, 0) is 13.0 Å². The summed E-state index contributed by atoms with van der Waals surface area (Å²) in [5.74, 6) is 3.76. The largest absolute Gasteiger partial charge is 0.395 e. The van der Waals surface area contributed by atoms with Gasteiger partial charge in [0.25, 0.3) is 11.5 Å². The van der Waals surface area contributed by atoms with Crippen LogP contribution in [0.2, 0.25) is 0 Å². The molecule has 2 aromatic rings. The van der Waals surface area contributed by atoms with Crippen molar-refractivity contribution in [2.75, 3.05) is 25.0 Å². The molecule has 2 aliphatic rings. The summed E-state index contributed by atoms with van der Waals surface area (Å²) in [6, 6.07) is 6.80. The van der Waals surface area contributed by atoms with Crippen LogP contribution in [0.15, 0.2) is 34.8 Å². The number of hydrogen-bond acceptors (Lipinski definition) is 7. The Morgan fingerprint density at radius 3 is 2.67 bits per heavy atom. The van der Waals surface area contributed by atoms with Gasteiger partial charge in [0.05, 0.1) is 47.3 Å². The highest BCUT2D eigenvalue weighted by molar-refractivity contribution is 5.65. The maximum absolute atomic E-state index is 14.0. The summed E-state index contributed by atoms with van der Waals surface area (Å²) >= 11 is 0. The number of nitrogens with zero attached hydrogens (tertiary/aromatic N) is 5. The maximum atomic E-state index is 14.0. The second-order valence-electron chi connectivity index (χ2n) is 8.90. The lowest BCUT2D eigenvalue weighted by atomic mass is 10.1. The Balaban J connectivity index is 1.66. The molecule has 2 aromatic heterocycles. The Morgan fingerprint density at radius 2 is 2.03 bits per heavy atom. The van der Waals surface area contributed by atoms with Crippen molar-refractivity contribution in [2.45, 2.75) is 57.4 Å². The normalized spacial score (nSPS) is 18.8. The zero-order valence-corrected chi connectivity index (χ0v) is 19.1. The second kappa shape index (κ2) is 9.09. The Morgan fingerprint density at radius 1 is 1.27 bits per heavy atom. The minimum absolute atomic E-state index is 0.0896. The highest BCUT2D eigenvalue weighted by Crippen LogP contribution is 2.38. The molecule has 1 aliphatic carbocycles. The van der Waals surface area contributed by atoms with Gasteiger partial charge in [-0.25, -0.2) is 24.3 Å². The quantitative estimate of drug-likeness (QED) is 0.484. The lowest BCUT2D eigenvalue weighted by molar-refractivity contribution is -0.0117. The molecule has 0 aromatic carbocycles. The number of allylic oxidation sites excluding steroid dienone is 1. The van der Waals surface area contributed by atoms with Crippen molar-refractivity contribution in [2.24, 2.45) is 11.6 Å². The summed E-state index contributed by atoms with van der Waals surface area (Å²) in [5.41, 5.74) is 9.79. The van der Waals surface area contributed by atoms with E-state index < -0.39 is 5.92 Å². The Labute approximate surface area is 191 Å². The lowest BCUT2D eigenvalue weighted by Gasteiger charge is -2.35. The van der Waals surface area contributed by atoms with Crippen molar-refractivity contribution in [3.8, 4) is 0 Å². The number of hydrazine groups is 1. The predicted molar refractivity (Wildman–Crippen MR) is 124 cm³/mol. The van der Waals surface area contributed by atoms with Gasteiger partial charge in [0.2, 0.25) is 0 Å². The van der Waals surface area contributed by atoms with E-state index in [1.165, 1.54) is 15.8 Å². The molecule has 0 bridgehead atoms. The number of nitrogens with two attached hydrogens (primary N) is 2. The van der Waals surface area contributed by atoms with Crippen molar-refractivity contribution in [1.29, 1.82) is 0 Å². The zero-order valence-electron chi connectivity index (χ0n) is 19.1. The van der Waals surface area contributed by atoms with Gasteiger partial charge in [0.15, 0.2) is 0 Å². The minimum Gasteiger partial charge on any atom is -0.395 e. The van der Waals surface area contributed by atoms with Gasteiger partial charge in [-0.15, -0.1) is 0 Å². The number of aryl methyl sites for hydroxylation is 1. The van der Waals surface area contributed by atoms with E-state index in [0.29, 0.717) is 53.8 Å². The fraction of sp³-hybridized carbons (Fsp3) is 0.522. The fourth-order valence-corrected chi connectivity index (χ4v) is 4.21. The SMILES string of the molecule is CCc1nc(/C(N)=C(\Cn2nc(C3CC3)ccc2=O)N(C)N)ccc1N1CCCC(F)(F)C1. The van der Waals surface area contributed by atoms with Gasteiger partial charge in [-0.2, -0.15) is 5.10 Å². The number of likely N-dealkylation sites (N-methyl/N-ethyl adjacent to an activating group) is 1. The molecule has 178 valence electrons. The van der Waals surface area contributed by atoms with Crippen LogP contribution in [-0.4, -0.2) is 45.8 Å². The van der Waals surface area contributed by atoms with E-state index >= 15 is 0 Å². The van der Waals surface area contributed by atoms with Crippen LogP contribution in [0.5, 0.6) is 0 Å². The summed E-state index contributed by atoms with van der Waals surface area (Å²) < 4.78 is 29.3. The number of halogens is 2. The van der Waals surface area contributed by atoms with Gasteiger partial charge in [-0.3, -0.25) is 4.79 Å². The summed E-state index contributed by atoms with van der Waals surface area (Å²) in [6.45, 7) is 2.29. The number of piperidine rings is 1. The molecule has 0 radical (unpaired) electrons. The smallest absolute Gasteiger partial charge is 0.267 e. The highest BCUT2D eigenvalue weighted by atomic mass is 19.3. The van der Waals surface area contributed by atoms with E-state index in [1.807, 2.05) is 6.92 Å². The molecule has 0 amide bonds. The molecule has 1 aliphatic heterocycles. The summed E-state index contributed by atoms with van der Waals surface area (Å²) in [6.07, 6.45) is 3.06. The average Bonchev–Trinajstić information content (AvgIpc) is 3.62. The van der Waals surface area contributed by atoms with Crippen molar-refractivity contribution in [3.63, 3.8) is 0 Å². The first kappa shape index (κ1) is 23.2. The number of alkyl halides is 2. The molecule has 1 saturated carbocycles. The highest BCUT2D eigenvalue weighted by Gasteiger charge is 2.36. The monoisotopic (exact) mass is 459 g/mol. The van der Waals surface area contributed by atoms with Crippen LogP contribution in [0.1, 0.15) is 55.6 Å². The third-order valence-corrected chi connectivity index (χ3v) is 6.21. The summed E-state index contributed by atoms with van der Waals surface area (Å²) in [7, 11) is 1.64. The number of pyridine rings is 1. The Kier molecular flexibility index (Phi) is 6.38. The molecule has 0 unspecified atom stereocenters. The molecular weight excluding hydrogens is 428 g/mol. The van der Waals surface area contributed by atoms with Gasteiger partial charge in [-0.05, 0) is 43.9 Å². The van der Waals surface area contributed by atoms with Crippen molar-refractivity contribution in [3.05, 3.63) is 57.4 Å². The molecule has 2 fully saturated rings. The van der Waals surface area contributed by atoms with Gasteiger partial charge < -0.3 is 15.6 Å². The van der Waals surface area contributed by atoms with E-state index in [-0.39, 0.29) is 25.1 Å². The number of rotatable bonds is 7. The standard InChI is InChI=1S/C23H31F2N7O/c1-3-16-19(31-12-4-11-23(24,25)14-31)9-7-18(28-16)22(26)20(30(2)27)13-32-21(33)10-8-17(29-32)15-5-6-15/h7-10,15H,3-6,11-14,26-27H2,1-2H3/b22-20-. The number of anilines is 1. The lowest BCUT2D eigenvalue weighted by Crippen LogP contribution is -2.43. The zero-order chi connectivity index (χ0) is 23.8. The first-order valence-corrected chi connectivity index (χ1v) is 11.4. The first-order valence-electron chi connectivity index (χ1n) is 11.4. The summed E-state index contributed by atoms with van der Waals surface area (Å²) in [5, 5.41) is 5.85. The first-order chi connectivity index (χ1) is 15.7.